The number of benzene rings is 1. The number of halogens is 2. The van der Waals surface area contributed by atoms with Gasteiger partial charge in [0.1, 0.15) is 5.82 Å². The summed E-state index contributed by atoms with van der Waals surface area (Å²) in [7, 11) is 0. The summed E-state index contributed by atoms with van der Waals surface area (Å²) in [6, 6.07) is 4.97. The molecule has 4 heteroatoms. The van der Waals surface area contributed by atoms with Gasteiger partial charge in [-0.15, -0.1) is 0 Å². The first kappa shape index (κ1) is 16.6. The number of nitrogens with zero attached hydrogens (tertiary/aromatic N) is 1. The van der Waals surface area contributed by atoms with Crippen LogP contribution in [0.5, 0.6) is 0 Å². The fourth-order valence-corrected chi connectivity index (χ4v) is 2.87. The van der Waals surface area contributed by atoms with Crippen LogP contribution in [0.4, 0.5) is 4.39 Å². The fraction of sp³-hybridized carbons (Fsp3) is 0.600. The van der Waals surface area contributed by atoms with E-state index in [0.717, 1.165) is 29.5 Å². The number of rotatable bonds is 7. The minimum atomic E-state index is -0.226. The summed E-state index contributed by atoms with van der Waals surface area (Å²) >= 11 is 3.45. The Morgan fingerprint density at radius 1 is 1.37 bits per heavy atom. The summed E-state index contributed by atoms with van der Waals surface area (Å²) in [5.41, 5.74) is 7.01. The highest BCUT2D eigenvalue weighted by atomic mass is 79.9. The maximum absolute atomic E-state index is 13.2. The molecule has 108 valence electrons. The van der Waals surface area contributed by atoms with E-state index < -0.39 is 0 Å². The van der Waals surface area contributed by atoms with Crippen molar-refractivity contribution in [1.82, 2.24) is 4.90 Å². The van der Waals surface area contributed by atoms with Gasteiger partial charge in [-0.05, 0) is 30.2 Å². The maximum Gasteiger partial charge on any atom is 0.124 e. The third kappa shape index (κ3) is 4.55. The van der Waals surface area contributed by atoms with E-state index in [1.54, 1.807) is 0 Å². The Bertz CT molecular complexity index is 398. The summed E-state index contributed by atoms with van der Waals surface area (Å²) in [6.07, 6.45) is 1.15. The lowest BCUT2D eigenvalue weighted by atomic mass is 10.0. The summed E-state index contributed by atoms with van der Waals surface area (Å²) < 4.78 is 14.0. The molecule has 1 aromatic rings. The van der Waals surface area contributed by atoms with Gasteiger partial charge in [0.15, 0.2) is 0 Å². The van der Waals surface area contributed by atoms with Crippen LogP contribution < -0.4 is 5.73 Å². The second-order valence-electron chi connectivity index (χ2n) is 5.02. The quantitative estimate of drug-likeness (QED) is 0.819. The average molecular weight is 331 g/mol. The smallest absolute Gasteiger partial charge is 0.124 e. The molecule has 2 N–H and O–H groups in total. The summed E-state index contributed by atoms with van der Waals surface area (Å²) in [6.45, 7) is 9.07. The summed E-state index contributed by atoms with van der Waals surface area (Å²) in [5.74, 6) is 0.407. The second kappa shape index (κ2) is 7.98. The molecule has 0 heterocycles. The van der Waals surface area contributed by atoms with E-state index in [-0.39, 0.29) is 11.9 Å². The number of likely N-dealkylation sites (N-methyl/N-ethyl adjacent to an activating group) is 1. The average Bonchev–Trinajstić information content (AvgIpc) is 2.40. The molecule has 0 saturated carbocycles. The molecule has 1 aromatic carbocycles. The highest BCUT2D eigenvalue weighted by molar-refractivity contribution is 9.10. The molecule has 0 fully saturated rings. The predicted molar refractivity (Wildman–Crippen MR) is 82.6 cm³/mol. The molecular weight excluding hydrogens is 307 g/mol. The standard InChI is InChI=1S/C15H24BrFN2/c1-4-11(3)10-19(5-2)15(9-18)13-7-6-12(17)8-14(13)16/h6-8,11,15H,4-5,9-10,18H2,1-3H3. The zero-order valence-electron chi connectivity index (χ0n) is 12.0. The van der Waals surface area contributed by atoms with Gasteiger partial charge in [0.2, 0.25) is 0 Å². The topological polar surface area (TPSA) is 29.3 Å². The van der Waals surface area contributed by atoms with Crippen molar-refractivity contribution in [2.45, 2.75) is 33.2 Å². The molecule has 1 rings (SSSR count). The van der Waals surface area contributed by atoms with Crippen LogP contribution in [0.2, 0.25) is 0 Å². The molecule has 0 spiro atoms. The zero-order chi connectivity index (χ0) is 14.4. The Morgan fingerprint density at radius 3 is 2.53 bits per heavy atom. The van der Waals surface area contributed by atoms with Gasteiger partial charge in [-0.3, -0.25) is 4.90 Å². The molecule has 0 bridgehead atoms. The van der Waals surface area contributed by atoms with Gasteiger partial charge in [0.05, 0.1) is 0 Å². The Hall–Kier alpha value is -0.450. The van der Waals surface area contributed by atoms with Crippen molar-refractivity contribution in [3.05, 3.63) is 34.1 Å². The van der Waals surface area contributed by atoms with E-state index >= 15 is 0 Å². The van der Waals surface area contributed by atoms with Gasteiger partial charge < -0.3 is 5.73 Å². The summed E-state index contributed by atoms with van der Waals surface area (Å²) in [5, 5.41) is 0. The normalized spacial score (nSPS) is 14.7. The molecule has 2 atom stereocenters. The lowest BCUT2D eigenvalue weighted by Gasteiger charge is -2.32. The lowest BCUT2D eigenvalue weighted by Crippen LogP contribution is -2.36. The Labute approximate surface area is 124 Å². The van der Waals surface area contributed by atoms with Crippen molar-refractivity contribution in [3.63, 3.8) is 0 Å². The number of nitrogens with two attached hydrogens (primary N) is 1. The Kier molecular flexibility index (Phi) is 6.97. The van der Waals surface area contributed by atoms with Crippen molar-refractivity contribution < 1.29 is 4.39 Å². The van der Waals surface area contributed by atoms with Crippen molar-refractivity contribution in [3.8, 4) is 0 Å². The summed E-state index contributed by atoms with van der Waals surface area (Å²) in [4.78, 5) is 2.37. The molecule has 0 aliphatic rings. The molecule has 2 nitrogen and oxygen atoms in total. The highest BCUT2D eigenvalue weighted by Crippen LogP contribution is 2.28. The number of hydrogen-bond acceptors (Lipinski definition) is 2. The SMILES string of the molecule is CCC(C)CN(CC)C(CN)c1ccc(F)cc1Br. The molecule has 0 amide bonds. The Balaban J connectivity index is 2.96. The molecule has 0 aromatic heterocycles. The van der Waals surface area contributed by atoms with Gasteiger partial charge in [0.25, 0.3) is 0 Å². The van der Waals surface area contributed by atoms with Crippen LogP contribution in [-0.2, 0) is 0 Å². The van der Waals surface area contributed by atoms with Crippen LogP contribution in [0, 0.1) is 11.7 Å². The zero-order valence-corrected chi connectivity index (χ0v) is 13.6. The molecular formula is C15H24BrFN2. The van der Waals surface area contributed by atoms with Crippen LogP contribution in [0.25, 0.3) is 0 Å². The van der Waals surface area contributed by atoms with E-state index in [0.29, 0.717) is 12.5 Å². The molecule has 0 aliphatic carbocycles. The van der Waals surface area contributed by atoms with E-state index in [1.807, 2.05) is 6.07 Å². The van der Waals surface area contributed by atoms with E-state index in [1.165, 1.54) is 12.1 Å². The molecule has 0 saturated heterocycles. The van der Waals surface area contributed by atoms with Gasteiger partial charge >= 0.3 is 0 Å². The van der Waals surface area contributed by atoms with Crippen molar-refractivity contribution in [2.24, 2.45) is 11.7 Å². The van der Waals surface area contributed by atoms with E-state index in [9.17, 15) is 4.39 Å². The molecule has 0 radical (unpaired) electrons. The highest BCUT2D eigenvalue weighted by Gasteiger charge is 2.21. The number of hydrogen-bond donors (Lipinski definition) is 1. The van der Waals surface area contributed by atoms with Crippen LogP contribution in [0.15, 0.2) is 22.7 Å². The first-order valence-corrected chi connectivity index (χ1v) is 7.71. The van der Waals surface area contributed by atoms with Crippen LogP contribution in [-0.4, -0.2) is 24.5 Å². The van der Waals surface area contributed by atoms with Crippen molar-refractivity contribution in [2.75, 3.05) is 19.6 Å². The minimum Gasteiger partial charge on any atom is -0.329 e. The van der Waals surface area contributed by atoms with Gasteiger partial charge in [-0.2, -0.15) is 0 Å². The molecule has 2 unspecified atom stereocenters. The molecule has 0 aliphatic heterocycles. The third-order valence-electron chi connectivity index (χ3n) is 3.63. The first-order chi connectivity index (χ1) is 9.03. The van der Waals surface area contributed by atoms with Crippen LogP contribution in [0.1, 0.15) is 38.8 Å². The van der Waals surface area contributed by atoms with Crippen molar-refractivity contribution in [1.29, 1.82) is 0 Å². The predicted octanol–water partition coefficient (Wildman–Crippen LogP) is 3.96. The lowest BCUT2D eigenvalue weighted by molar-refractivity contribution is 0.182. The van der Waals surface area contributed by atoms with Gasteiger partial charge in [-0.25, -0.2) is 4.39 Å². The van der Waals surface area contributed by atoms with Crippen LogP contribution in [0.3, 0.4) is 0 Å². The monoisotopic (exact) mass is 330 g/mol. The first-order valence-electron chi connectivity index (χ1n) is 6.92. The maximum atomic E-state index is 13.2. The van der Waals surface area contributed by atoms with E-state index in [4.69, 9.17) is 5.73 Å². The minimum absolute atomic E-state index is 0.133. The van der Waals surface area contributed by atoms with Crippen LogP contribution >= 0.6 is 15.9 Å². The van der Waals surface area contributed by atoms with E-state index in [2.05, 4.69) is 41.6 Å². The van der Waals surface area contributed by atoms with Gasteiger partial charge in [-0.1, -0.05) is 49.2 Å². The Morgan fingerprint density at radius 2 is 2.05 bits per heavy atom. The fourth-order valence-electron chi connectivity index (χ4n) is 2.25. The largest absolute Gasteiger partial charge is 0.329 e. The molecule has 19 heavy (non-hydrogen) atoms. The third-order valence-corrected chi connectivity index (χ3v) is 4.32. The van der Waals surface area contributed by atoms with Crippen molar-refractivity contribution >= 4 is 15.9 Å². The van der Waals surface area contributed by atoms with Gasteiger partial charge in [0, 0.05) is 23.6 Å². The second-order valence-corrected chi connectivity index (χ2v) is 5.87.